The minimum absolute atomic E-state index is 0.117. The molecule has 0 bridgehead atoms. The largest absolute Gasteiger partial charge is 0.393 e. The fourth-order valence-corrected chi connectivity index (χ4v) is 3.80. The summed E-state index contributed by atoms with van der Waals surface area (Å²) in [6.45, 7) is 10.6. The van der Waals surface area contributed by atoms with E-state index < -0.39 is 0 Å². The molecule has 0 aliphatic heterocycles. The lowest BCUT2D eigenvalue weighted by atomic mass is 9.71. The zero-order chi connectivity index (χ0) is 16.5. The average Bonchev–Trinajstić information content (AvgIpc) is 2.37. The molecule has 0 amide bonds. The summed E-state index contributed by atoms with van der Waals surface area (Å²) >= 11 is 0. The maximum Gasteiger partial charge on any atom is 0.0641 e. The molecule has 0 radical (unpaired) electrons. The number of hydrogen-bond donors (Lipinski definition) is 2. The highest BCUT2D eigenvalue weighted by atomic mass is 16.5. The lowest BCUT2D eigenvalue weighted by Gasteiger charge is -2.48. The van der Waals surface area contributed by atoms with E-state index in [0.29, 0.717) is 5.92 Å². The Morgan fingerprint density at radius 3 is 2.09 bits per heavy atom. The van der Waals surface area contributed by atoms with Crippen molar-refractivity contribution in [3.05, 3.63) is 0 Å². The molecule has 0 aromatic heterocycles. The van der Waals surface area contributed by atoms with E-state index in [1.165, 1.54) is 0 Å². The average molecular weight is 313 g/mol. The summed E-state index contributed by atoms with van der Waals surface area (Å²) in [5, 5.41) is 9.61. The van der Waals surface area contributed by atoms with Crippen LogP contribution in [0.3, 0.4) is 0 Å². The summed E-state index contributed by atoms with van der Waals surface area (Å²) < 4.78 is 12.5. The highest BCUT2D eigenvalue weighted by molar-refractivity contribution is 4.97. The molecule has 130 valence electrons. The van der Waals surface area contributed by atoms with Crippen molar-refractivity contribution < 1.29 is 14.6 Å². The first-order valence-corrected chi connectivity index (χ1v) is 8.85. The van der Waals surface area contributed by atoms with Gasteiger partial charge in [-0.15, -0.1) is 0 Å². The Bertz CT molecular complexity index is 356. The van der Waals surface area contributed by atoms with Gasteiger partial charge < -0.3 is 20.3 Å². The molecule has 3 atom stereocenters. The Balaban J connectivity index is 1.84. The number of hydrogen-bond acceptors (Lipinski definition) is 4. The van der Waals surface area contributed by atoms with Crippen LogP contribution in [0, 0.1) is 5.92 Å². The van der Waals surface area contributed by atoms with Gasteiger partial charge in [0.15, 0.2) is 0 Å². The lowest BCUT2D eigenvalue weighted by Crippen LogP contribution is -2.56. The Labute approximate surface area is 135 Å². The molecule has 2 rings (SSSR count). The van der Waals surface area contributed by atoms with E-state index in [0.717, 1.165) is 38.5 Å². The molecule has 4 heteroatoms. The molecule has 0 saturated heterocycles. The Hall–Kier alpha value is -0.160. The van der Waals surface area contributed by atoms with E-state index in [-0.39, 0.29) is 35.6 Å². The van der Waals surface area contributed by atoms with E-state index in [4.69, 9.17) is 15.2 Å². The van der Waals surface area contributed by atoms with Crippen molar-refractivity contribution in [2.24, 2.45) is 11.7 Å². The van der Waals surface area contributed by atoms with Gasteiger partial charge in [0.2, 0.25) is 0 Å². The maximum absolute atomic E-state index is 9.61. The Kier molecular flexibility index (Phi) is 5.59. The molecule has 2 aliphatic rings. The van der Waals surface area contributed by atoms with Gasteiger partial charge in [0.25, 0.3) is 0 Å². The monoisotopic (exact) mass is 313 g/mol. The van der Waals surface area contributed by atoms with Gasteiger partial charge in [0, 0.05) is 12.0 Å². The summed E-state index contributed by atoms with van der Waals surface area (Å²) in [7, 11) is 0. The van der Waals surface area contributed by atoms with Gasteiger partial charge in [-0.2, -0.15) is 0 Å². The minimum atomic E-state index is -0.185. The third-order valence-electron chi connectivity index (χ3n) is 4.89. The summed E-state index contributed by atoms with van der Waals surface area (Å²) in [4.78, 5) is 0. The first-order valence-electron chi connectivity index (χ1n) is 8.85. The van der Waals surface area contributed by atoms with E-state index in [1.807, 2.05) is 0 Å². The molecule has 3 N–H and O–H groups in total. The van der Waals surface area contributed by atoms with Crippen molar-refractivity contribution in [2.45, 2.75) is 109 Å². The van der Waals surface area contributed by atoms with Crippen molar-refractivity contribution in [3.8, 4) is 0 Å². The molecule has 22 heavy (non-hydrogen) atoms. The van der Waals surface area contributed by atoms with E-state index in [2.05, 4.69) is 34.6 Å². The predicted octanol–water partition coefficient (Wildman–Crippen LogP) is 3.01. The molecule has 2 saturated carbocycles. The van der Waals surface area contributed by atoms with Crippen LogP contribution in [0.25, 0.3) is 0 Å². The second-order valence-electron chi connectivity index (χ2n) is 8.84. The molecule has 3 unspecified atom stereocenters. The lowest BCUT2D eigenvalue weighted by molar-refractivity contribution is -0.163. The molecule has 2 aliphatic carbocycles. The highest BCUT2D eigenvalue weighted by Crippen LogP contribution is 2.39. The van der Waals surface area contributed by atoms with Crippen LogP contribution in [0.1, 0.15) is 73.1 Å². The zero-order valence-corrected chi connectivity index (χ0v) is 15.0. The summed E-state index contributed by atoms with van der Waals surface area (Å²) in [6, 6.07) is 0.225. The maximum atomic E-state index is 9.61. The number of aliphatic hydroxyl groups is 1. The van der Waals surface area contributed by atoms with Gasteiger partial charge in [-0.3, -0.25) is 0 Å². The van der Waals surface area contributed by atoms with E-state index in [1.54, 1.807) is 0 Å². The van der Waals surface area contributed by atoms with Crippen LogP contribution < -0.4 is 5.73 Å². The third kappa shape index (κ3) is 5.19. The zero-order valence-electron chi connectivity index (χ0n) is 15.0. The number of rotatable bonds is 5. The fourth-order valence-electron chi connectivity index (χ4n) is 3.80. The minimum Gasteiger partial charge on any atom is -0.393 e. The van der Waals surface area contributed by atoms with E-state index in [9.17, 15) is 5.11 Å². The van der Waals surface area contributed by atoms with Crippen LogP contribution in [0.4, 0.5) is 0 Å². The summed E-state index contributed by atoms with van der Waals surface area (Å²) in [6.07, 6.45) is 5.93. The molecular weight excluding hydrogens is 278 g/mol. The first kappa shape index (κ1) is 18.2. The van der Waals surface area contributed by atoms with Crippen LogP contribution in [-0.4, -0.2) is 40.7 Å². The van der Waals surface area contributed by atoms with Gasteiger partial charge in [0.1, 0.15) is 0 Å². The van der Waals surface area contributed by atoms with Crippen molar-refractivity contribution >= 4 is 0 Å². The molecule has 4 nitrogen and oxygen atoms in total. The highest BCUT2D eigenvalue weighted by Gasteiger charge is 2.44. The van der Waals surface area contributed by atoms with E-state index >= 15 is 0 Å². The van der Waals surface area contributed by atoms with Crippen molar-refractivity contribution in [1.29, 1.82) is 0 Å². The smallest absolute Gasteiger partial charge is 0.0641 e. The molecular formula is C18H35NO3. The molecule has 0 aromatic carbocycles. The van der Waals surface area contributed by atoms with Crippen molar-refractivity contribution in [3.63, 3.8) is 0 Å². The van der Waals surface area contributed by atoms with Crippen LogP contribution in [0.5, 0.6) is 0 Å². The predicted molar refractivity (Wildman–Crippen MR) is 88.8 cm³/mol. The second-order valence-corrected chi connectivity index (χ2v) is 8.84. The van der Waals surface area contributed by atoms with Crippen molar-refractivity contribution in [1.82, 2.24) is 0 Å². The van der Waals surface area contributed by atoms with Crippen LogP contribution >= 0.6 is 0 Å². The van der Waals surface area contributed by atoms with Gasteiger partial charge >= 0.3 is 0 Å². The number of ether oxygens (including phenoxy) is 2. The first-order chi connectivity index (χ1) is 10.1. The van der Waals surface area contributed by atoms with Crippen molar-refractivity contribution in [2.75, 3.05) is 0 Å². The van der Waals surface area contributed by atoms with Crippen LogP contribution in [0.15, 0.2) is 0 Å². The topological polar surface area (TPSA) is 64.7 Å². The molecule has 2 fully saturated rings. The molecule has 0 aromatic rings. The second kappa shape index (κ2) is 6.76. The van der Waals surface area contributed by atoms with Gasteiger partial charge in [0.05, 0.1) is 29.5 Å². The third-order valence-corrected chi connectivity index (χ3v) is 4.89. The fraction of sp³-hybridized carbons (Fsp3) is 1.00. The normalized spacial score (nSPS) is 37.0. The molecule has 0 spiro atoms. The van der Waals surface area contributed by atoms with Gasteiger partial charge in [-0.1, -0.05) is 0 Å². The quantitative estimate of drug-likeness (QED) is 0.819. The SMILES string of the molecule is CC(C)(C)OC1CC(N)C1CC(C)(C)OC1CCC(O)CC1. The Morgan fingerprint density at radius 1 is 1.00 bits per heavy atom. The summed E-state index contributed by atoms with van der Waals surface area (Å²) in [5.74, 6) is 0.378. The number of nitrogens with two attached hydrogens (primary N) is 1. The van der Waals surface area contributed by atoms with Gasteiger partial charge in [-0.05, 0) is 73.1 Å². The summed E-state index contributed by atoms with van der Waals surface area (Å²) in [5.41, 5.74) is 5.92. The van der Waals surface area contributed by atoms with Crippen LogP contribution in [-0.2, 0) is 9.47 Å². The standard InChI is InChI=1S/C18H35NO3/c1-17(2,3)22-16-10-15(19)14(16)11-18(4,5)21-13-8-6-12(20)7-9-13/h12-16,20H,6-11,19H2,1-5H3. The number of aliphatic hydroxyl groups excluding tert-OH is 1. The van der Waals surface area contributed by atoms with Gasteiger partial charge in [-0.25, -0.2) is 0 Å². The Morgan fingerprint density at radius 2 is 1.59 bits per heavy atom. The molecule has 0 heterocycles. The van der Waals surface area contributed by atoms with Crippen LogP contribution in [0.2, 0.25) is 0 Å².